The molecule has 0 amide bonds. The Morgan fingerprint density at radius 1 is 1.36 bits per heavy atom. The van der Waals surface area contributed by atoms with Crippen LogP contribution in [0.1, 0.15) is 33.1 Å². The molecule has 2 nitrogen and oxygen atoms in total. The Bertz CT molecular complexity index is 108. The molecule has 0 aromatic carbocycles. The first-order valence-corrected chi connectivity index (χ1v) is 4.63. The first-order valence-electron chi connectivity index (χ1n) is 4.63. The van der Waals surface area contributed by atoms with Gasteiger partial charge in [-0.15, -0.1) is 0 Å². The molecule has 0 spiro atoms. The van der Waals surface area contributed by atoms with E-state index in [1.807, 2.05) is 0 Å². The molecule has 1 aliphatic rings. The van der Waals surface area contributed by atoms with Crippen LogP contribution < -0.4 is 5.32 Å². The standard InChI is InChI=1S/C9H19NO/c1-7(2)9(11)8-5-3-4-6-10-8/h7-11H,3-6H2,1-2H3. The summed E-state index contributed by atoms with van der Waals surface area (Å²) in [6, 6.07) is 0.351. The largest absolute Gasteiger partial charge is 0.391 e. The van der Waals surface area contributed by atoms with Crippen LogP contribution in [-0.4, -0.2) is 23.8 Å². The SMILES string of the molecule is CC(C)C(O)C1CCCCN1. The van der Waals surface area contributed by atoms with E-state index >= 15 is 0 Å². The van der Waals surface area contributed by atoms with Gasteiger partial charge in [-0.05, 0) is 25.3 Å². The molecule has 1 fully saturated rings. The average Bonchev–Trinajstić information content (AvgIpc) is 2.05. The van der Waals surface area contributed by atoms with Gasteiger partial charge in [-0.25, -0.2) is 0 Å². The summed E-state index contributed by atoms with van der Waals surface area (Å²) < 4.78 is 0. The molecule has 2 atom stereocenters. The predicted molar refractivity (Wildman–Crippen MR) is 46.5 cm³/mol. The molecule has 2 unspecified atom stereocenters. The molecule has 0 radical (unpaired) electrons. The first kappa shape index (κ1) is 9.01. The Kier molecular flexibility index (Phi) is 3.34. The second-order valence-electron chi connectivity index (χ2n) is 3.79. The van der Waals surface area contributed by atoms with Crippen LogP contribution in [0.15, 0.2) is 0 Å². The molecule has 1 rings (SSSR count). The van der Waals surface area contributed by atoms with Crippen molar-refractivity contribution in [1.29, 1.82) is 0 Å². The Labute approximate surface area is 69.0 Å². The van der Waals surface area contributed by atoms with Gasteiger partial charge in [-0.3, -0.25) is 0 Å². The van der Waals surface area contributed by atoms with Gasteiger partial charge in [0, 0.05) is 6.04 Å². The third kappa shape index (κ3) is 2.46. The van der Waals surface area contributed by atoms with Crippen molar-refractivity contribution in [1.82, 2.24) is 5.32 Å². The highest BCUT2D eigenvalue weighted by Crippen LogP contribution is 2.15. The molecule has 0 aliphatic carbocycles. The molecule has 11 heavy (non-hydrogen) atoms. The monoisotopic (exact) mass is 157 g/mol. The molecule has 0 aromatic rings. The van der Waals surface area contributed by atoms with Crippen molar-refractivity contribution in [2.75, 3.05) is 6.54 Å². The maximum absolute atomic E-state index is 9.69. The number of rotatable bonds is 2. The molecule has 1 heterocycles. The predicted octanol–water partition coefficient (Wildman–Crippen LogP) is 1.15. The average molecular weight is 157 g/mol. The topological polar surface area (TPSA) is 32.3 Å². The normalized spacial score (nSPS) is 28.9. The molecule has 1 aliphatic heterocycles. The minimum Gasteiger partial charge on any atom is -0.391 e. The van der Waals surface area contributed by atoms with Gasteiger partial charge >= 0.3 is 0 Å². The van der Waals surface area contributed by atoms with Crippen LogP contribution in [0, 0.1) is 5.92 Å². The summed E-state index contributed by atoms with van der Waals surface area (Å²) in [5, 5.41) is 13.0. The summed E-state index contributed by atoms with van der Waals surface area (Å²) in [4.78, 5) is 0. The minimum atomic E-state index is -0.157. The number of piperidine rings is 1. The fraction of sp³-hybridized carbons (Fsp3) is 1.00. The summed E-state index contributed by atoms with van der Waals surface area (Å²) in [5.74, 6) is 0.380. The van der Waals surface area contributed by atoms with E-state index in [-0.39, 0.29) is 6.10 Å². The number of nitrogens with one attached hydrogen (secondary N) is 1. The summed E-state index contributed by atoms with van der Waals surface area (Å²) in [6.45, 7) is 5.22. The van der Waals surface area contributed by atoms with Crippen molar-refractivity contribution in [3.63, 3.8) is 0 Å². The Hall–Kier alpha value is -0.0800. The van der Waals surface area contributed by atoms with E-state index in [1.165, 1.54) is 12.8 Å². The second-order valence-corrected chi connectivity index (χ2v) is 3.79. The maximum atomic E-state index is 9.69. The lowest BCUT2D eigenvalue weighted by atomic mass is 9.93. The Morgan fingerprint density at radius 3 is 2.55 bits per heavy atom. The van der Waals surface area contributed by atoms with E-state index in [0.29, 0.717) is 12.0 Å². The van der Waals surface area contributed by atoms with E-state index in [2.05, 4.69) is 19.2 Å². The zero-order valence-corrected chi connectivity index (χ0v) is 7.51. The van der Waals surface area contributed by atoms with Crippen molar-refractivity contribution in [2.45, 2.75) is 45.3 Å². The molecule has 1 saturated heterocycles. The van der Waals surface area contributed by atoms with Crippen LogP contribution in [0.25, 0.3) is 0 Å². The van der Waals surface area contributed by atoms with Gasteiger partial charge in [0.25, 0.3) is 0 Å². The molecule has 2 heteroatoms. The van der Waals surface area contributed by atoms with Crippen LogP contribution in [0.2, 0.25) is 0 Å². The molecule has 2 N–H and O–H groups in total. The molecule has 0 aromatic heterocycles. The summed E-state index contributed by atoms with van der Waals surface area (Å²) in [5.41, 5.74) is 0. The zero-order chi connectivity index (χ0) is 8.27. The molecular weight excluding hydrogens is 138 g/mol. The molecular formula is C9H19NO. The van der Waals surface area contributed by atoms with Gasteiger partial charge in [0.05, 0.1) is 6.10 Å². The van der Waals surface area contributed by atoms with E-state index < -0.39 is 0 Å². The summed E-state index contributed by atoms with van der Waals surface area (Å²) in [7, 11) is 0. The number of aliphatic hydroxyl groups is 1. The molecule has 66 valence electrons. The van der Waals surface area contributed by atoms with Crippen molar-refractivity contribution < 1.29 is 5.11 Å². The third-order valence-electron chi connectivity index (χ3n) is 2.44. The van der Waals surface area contributed by atoms with E-state index in [4.69, 9.17) is 0 Å². The highest BCUT2D eigenvalue weighted by molar-refractivity contribution is 4.80. The van der Waals surface area contributed by atoms with E-state index in [1.54, 1.807) is 0 Å². The molecule has 0 saturated carbocycles. The van der Waals surface area contributed by atoms with E-state index in [9.17, 15) is 5.11 Å². The van der Waals surface area contributed by atoms with Crippen molar-refractivity contribution >= 4 is 0 Å². The lowest BCUT2D eigenvalue weighted by Gasteiger charge is -2.30. The van der Waals surface area contributed by atoms with Gasteiger partial charge in [0.15, 0.2) is 0 Å². The third-order valence-corrected chi connectivity index (χ3v) is 2.44. The van der Waals surface area contributed by atoms with Crippen molar-refractivity contribution in [3.05, 3.63) is 0 Å². The Balaban J connectivity index is 2.32. The van der Waals surface area contributed by atoms with Gasteiger partial charge in [0.1, 0.15) is 0 Å². The Morgan fingerprint density at radius 2 is 2.09 bits per heavy atom. The van der Waals surface area contributed by atoms with Crippen LogP contribution >= 0.6 is 0 Å². The number of aliphatic hydroxyl groups excluding tert-OH is 1. The van der Waals surface area contributed by atoms with Crippen molar-refractivity contribution in [2.24, 2.45) is 5.92 Å². The highest BCUT2D eigenvalue weighted by atomic mass is 16.3. The van der Waals surface area contributed by atoms with Gasteiger partial charge in [0.2, 0.25) is 0 Å². The lowest BCUT2D eigenvalue weighted by Crippen LogP contribution is -2.45. The maximum Gasteiger partial charge on any atom is 0.0715 e. The fourth-order valence-electron chi connectivity index (χ4n) is 1.63. The second kappa shape index (κ2) is 4.07. The van der Waals surface area contributed by atoms with Gasteiger partial charge < -0.3 is 10.4 Å². The highest BCUT2D eigenvalue weighted by Gasteiger charge is 2.22. The number of hydrogen-bond acceptors (Lipinski definition) is 2. The summed E-state index contributed by atoms with van der Waals surface area (Å²) >= 11 is 0. The van der Waals surface area contributed by atoms with Gasteiger partial charge in [-0.1, -0.05) is 20.3 Å². The lowest BCUT2D eigenvalue weighted by molar-refractivity contribution is 0.0721. The van der Waals surface area contributed by atoms with Gasteiger partial charge in [-0.2, -0.15) is 0 Å². The molecule has 0 bridgehead atoms. The summed E-state index contributed by atoms with van der Waals surface area (Å²) in [6.07, 6.45) is 3.51. The minimum absolute atomic E-state index is 0.157. The van der Waals surface area contributed by atoms with Crippen molar-refractivity contribution in [3.8, 4) is 0 Å². The van der Waals surface area contributed by atoms with Crippen LogP contribution in [0.5, 0.6) is 0 Å². The van der Waals surface area contributed by atoms with E-state index in [0.717, 1.165) is 13.0 Å². The number of hydrogen-bond donors (Lipinski definition) is 2. The first-order chi connectivity index (χ1) is 5.22. The fourth-order valence-corrected chi connectivity index (χ4v) is 1.63. The quantitative estimate of drug-likeness (QED) is 0.630. The zero-order valence-electron chi connectivity index (χ0n) is 7.51. The van der Waals surface area contributed by atoms with Crippen LogP contribution in [0.3, 0.4) is 0 Å². The van der Waals surface area contributed by atoms with Crippen LogP contribution in [0.4, 0.5) is 0 Å². The smallest absolute Gasteiger partial charge is 0.0715 e. The van der Waals surface area contributed by atoms with Crippen LogP contribution in [-0.2, 0) is 0 Å².